The summed E-state index contributed by atoms with van der Waals surface area (Å²) in [5.41, 5.74) is 2.11. The molecule has 3 heterocycles. The van der Waals surface area contributed by atoms with Gasteiger partial charge in [-0.05, 0) is 17.7 Å². The molecule has 4 atom stereocenters. The highest BCUT2D eigenvalue weighted by Gasteiger charge is 2.44. The minimum Gasteiger partial charge on any atom is -0.394 e. The van der Waals surface area contributed by atoms with Crippen LogP contribution in [0.2, 0.25) is 5.02 Å². The van der Waals surface area contributed by atoms with Crippen LogP contribution < -0.4 is 0 Å². The van der Waals surface area contributed by atoms with Crippen molar-refractivity contribution in [2.75, 3.05) is 6.61 Å². The van der Waals surface area contributed by atoms with E-state index in [1.165, 1.54) is 24.4 Å². The first-order valence-electron chi connectivity index (χ1n) is 8.25. The van der Waals surface area contributed by atoms with Gasteiger partial charge in [-0.25, -0.2) is 15.0 Å². The lowest BCUT2D eigenvalue weighted by atomic mass is 10.1. The van der Waals surface area contributed by atoms with Crippen LogP contribution in [0.4, 0.5) is 0 Å². The van der Waals surface area contributed by atoms with E-state index in [2.05, 4.69) is 15.0 Å². The molecule has 0 unspecified atom stereocenters. The maximum absolute atomic E-state index is 10.2. The molecule has 0 bridgehead atoms. The van der Waals surface area contributed by atoms with Crippen LogP contribution in [0.5, 0.6) is 0 Å². The second-order valence-electron chi connectivity index (χ2n) is 6.15. The molecule has 10 heteroatoms. The highest BCUT2D eigenvalue weighted by molar-refractivity contribution is 7.98. The van der Waals surface area contributed by atoms with Gasteiger partial charge in [0.25, 0.3) is 0 Å². The van der Waals surface area contributed by atoms with Gasteiger partial charge in [0.15, 0.2) is 11.9 Å². The monoisotopic (exact) mass is 408 g/mol. The van der Waals surface area contributed by atoms with Crippen molar-refractivity contribution in [3.05, 3.63) is 47.5 Å². The molecular weight excluding hydrogens is 392 g/mol. The number of halogens is 1. The number of aliphatic hydroxyl groups is 3. The third-order valence-electron chi connectivity index (χ3n) is 4.38. The Labute approximate surface area is 163 Å². The lowest BCUT2D eigenvalue weighted by molar-refractivity contribution is -0.0511. The van der Waals surface area contributed by atoms with Crippen LogP contribution in [0, 0.1) is 0 Å². The van der Waals surface area contributed by atoms with Crippen molar-refractivity contribution in [3.8, 4) is 0 Å². The van der Waals surface area contributed by atoms with E-state index in [9.17, 15) is 15.3 Å². The summed E-state index contributed by atoms with van der Waals surface area (Å²) in [6.07, 6.45) is -1.22. The van der Waals surface area contributed by atoms with Crippen molar-refractivity contribution in [3.63, 3.8) is 0 Å². The Kier molecular flexibility index (Phi) is 5.31. The second-order valence-corrected chi connectivity index (χ2v) is 7.55. The normalized spacial score (nSPS) is 25.3. The third-order valence-corrected chi connectivity index (χ3v) is 5.67. The van der Waals surface area contributed by atoms with Crippen molar-refractivity contribution in [1.29, 1.82) is 0 Å². The van der Waals surface area contributed by atoms with Gasteiger partial charge in [-0.1, -0.05) is 35.5 Å². The summed E-state index contributed by atoms with van der Waals surface area (Å²) < 4.78 is 7.11. The Morgan fingerprint density at radius 1 is 1.19 bits per heavy atom. The van der Waals surface area contributed by atoms with Crippen molar-refractivity contribution < 1.29 is 20.1 Å². The number of thioether (sulfide) groups is 1. The largest absolute Gasteiger partial charge is 0.394 e. The SMILES string of the molecule is OC[C@H]1O[C@@H](n2cnc3c(SCc4cccc(Cl)c4)ncnc32)[C@H](O)[C@@H]1O. The number of hydrogen-bond donors (Lipinski definition) is 3. The fourth-order valence-corrected chi connectivity index (χ4v) is 4.11. The van der Waals surface area contributed by atoms with E-state index < -0.39 is 31.1 Å². The number of aliphatic hydroxyl groups excluding tert-OH is 3. The Balaban J connectivity index is 1.60. The van der Waals surface area contributed by atoms with Gasteiger partial charge >= 0.3 is 0 Å². The van der Waals surface area contributed by atoms with Gasteiger partial charge < -0.3 is 20.1 Å². The van der Waals surface area contributed by atoms with E-state index in [0.29, 0.717) is 27.0 Å². The van der Waals surface area contributed by atoms with Crippen molar-refractivity contribution >= 4 is 34.5 Å². The van der Waals surface area contributed by atoms with E-state index >= 15 is 0 Å². The second kappa shape index (κ2) is 7.70. The van der Waals surface area contributed by atoms with Crippen LogP contribution in [0.1, 0.15) is 11.8 Å². The van der Waals surface area contributed by atoms with Gasteiger partial charge in [0.05, 0.1) is 12.9 Å². The van der Waals surface area contributed by atoms with Gasteiger partial charge in [0.2, 0.25) is 0 Å². The quantitative estimate of drug-likeness (QED) is 0.428. The van der Waals surface area contributed by atoms with E-state index in [4.69, 9.17) is 16.3 Å². The molecule has 8 nitrogen and oxygen atoms in total. The Morgan fingerprint density at radius 3 is 2.78 bits per heavy atom. The molecule has 4 rings (SSSR count). The zero-order valence-electron chi connectivity index (χ0n) is 14.0. The first kappa shape index (κ1) is 18.6. The maximum Gasteiger partial charge on any atom is 0.166 e. The Morgan fingerprint density at radius 2 is 2.04 bits per heavy atom. The molecule has 1 aliphatic rings. The molecule has 27 heavy (non-hydrogen) atoms. The number of ether oxygens (including phenoxy) is 1. The minimum atomic E-state index is -1.20. The molecule has 2 aromatic heterocycles. The topological polar surface area (TPSA) is 114 Å². The molecular formula is C17H17ClN4O4S. The predicted molar refractivity (Wildman–Crippen MR) is 99.3 cm³/mol. The number of nitrogens with zero attached hydrogens (tertiary/aromatic N) is 4. The fourth-order valence-electron chi connectivity index (χ4n) is 3.01. The zero-order chi connectivity index (χ0) is 19.0. The standard InChI is InChI=1S/C17H17ClN4O4S/c18-10-3-1-2-9(4-10)6-27-16-12-15(19-7-20-16)22(8-21-12)17-14(25)13(24)11(5-23)26-17/h1-4,7-8,11,13-14,17,23-25H,5-6H2/t11-,13-,14-,17-/m1/s1. The number of aromatic nitrogens is 4. The lowest BCUT2D eigenvalue weighted by Gasteiger charge is -2.16. The summed E-state index contributed by atoms with van der Waals surface area (Å²) in [6, 6.07) is 7.59. The summed E-state index contributed by atoms with van der Waals surface area (Å²) >= 11 is 7.52. The first-order valence-corrected chi connectivity index (χ1v) is 9.62. The molecule has 0 saturated carbocycles. The summed E-state index contributed by atoms with van der Waals surface area (Å²) in [5, 5.41) is 30.8. The minimum absolute atomic E-state index is 0.392. The molecule has 1 aliphatic heterocycles. The molecule has 1 saturated heterocycles. The van der Waals surface area contributed by atoms with Crippen LogP contribution in [0.15, 0.2) is 41.9 Å². The molecule has 0 amide bonds. The van der Waals surface area contributed by atoms with Gasteiger partial charge in [-0.3, -0.25) is 4.57 Å². The lowest BCUT2D eigenvalue weighted by Crippen LogP contribution is -2.33. The molecule has 1 aromatic carbocycles. The summed E-state index contributed by atoms with van der Waals surface area (Å²) in [5.74, 6) is 0.660. The Bertz CT molecular complexity index is 956. The predicted octanol–water partition coefficient (Wildman–Crippen LogP) is 1.38. The molecule has 0 aliphatic carbocycles. The van der Waals surface area contributed by atoms with Gasteiger partial charge in [0, 0.05) is 10.8 Å². The molecule has 3 N–H and O–H groups in total. The number of rotatable bonds is 5. The van der Waals surface area contributed by atoms with Gasteiger partial charge in [-0.2, -0.15) is 0 Å². The number of imidazole rings is 1. The summed E-state index contributed by atoms with van der Waals surface area (Å²) in [4.78, 5) is 12.9. The van der Waals surface area contributed by atoms with Gasteiger partial charge in [-0.15, -0.1) is 0 Å². The van der Waals surface area contributed by atoms with Crippen LogP contribution in [-0.2, 0) is 10.5 Å². The third kappa shape index (κ3) is 3.54. The van der Waals surface area contributed by atoms with E-state index in [0.717, 1.165) is 5.56 Å². The maximum atomic E-state index is 10.2. The smallest absolute Gasteiger partial charge is 0.166 e. The number of benzene rings is 1. The first-order chi connectivity index (χ1) is 13.1. The average Bonchev–Trinajstić information content (AvgIpc) is 3.22. The molecule has 3 aromatic rings. The zero-order valence-corrected chi connectivity index (χ0v) is 15.6. The highest BCUT2D eigenvalue weighted by atomic mass is 35.5. The van der Waals surface area contributed by atoms with Crippen LogP contribution >= 0.6 is 23.4 Å². The highest BCUT2D eigenvalue weighted by Crippen LogP contribution is 2.33. The van der Waals surface area contributed by atoms with Crippen LogP contribution in [-0.4, -0.2) is 59.8 Å². The average molecular weight is 409 g/mol. The van der Waals surface area contributed by atoms with E-state index in [-0.39, 0.29) is 0 Å². The van der Waals surface area contributed by atoms with Gasteiger partial charge in [0.1, 0.15) is 35.2 Å². The van der Waals surface area contributed by atoms with Crippen molar-refractivity contribution in [2.24, 2.45) is 0 Å². The van der Waals surface area contributed by atoms with Crippen molar-refractivity contribution in [1.82, 2.24) is 19.5 Å². The van der Waals surface area contributed by atoms with Crippen LogP contribution in [0.3, 0.4) is 0 Å². The van der Waals surface area contributed by atoms with Crippen LogP contribution in [0.25, 0.3) is 11.2 Å². The molecule has 142 valence electrons. The summed E-state index contributed by atoms with van der Waals surface area (Å²) in [7, 11) is 0. The fraction of sp³-hybridized carbons (Fsp3) is 0.353. The number of fused-ring (bicyclic) bond motifs is 1. The molecule has 1 fully saturated rings. The van der Waals surface area contributed by atoms with E-state index in [1.54, 1.807) is 4.57 Å². The number of hydrogen-bond acceptors (Lipinski definition) is 8. The molecule has 0 radical (unpaired) electrons. The molecule has 0 spiro atoms. The van der Waals surface area contributed by atoms with E-state index in [1.807, 2.05) is 24.3 Å². The van der Waals surface area contributed by atoms with Crippen molar-refractivity contribution in [2.45, 2.75) is 35.3 Å². The Hall–Kier alpha value is -1.75. The summed E-state index contributed by atoms with van der Waals surface area (Å²) in [6.45, 7) is -0.392.